The quantitative estimate of drug-likeness (QED) is 0.658. The summed E-state index contributed by atoms with van der Waals surface area (Å²) in [4.78, 5) is 0. The van der Waals surface area contributed by atoms with Crippen LogP contribution in [0.15, 0.2) is 0 Å². The Bertz CT molecular complexity index is 121. The van der Waals surface area contributed by atoms with Crippen molar-refractivity contribution in [2.24, 2.45) is 5.92 Å². The molecular weight excluding hydrogens is 150 g/mol. The molecule has 0 saturated heterocycles. The number of rotatable bonds is 6. The average molecular weight is 171 g/mol. The van der Waals surface area contributed by atoms with Gasteiger partial charge in [0.1, 0.15) is 0 Å². The van der Waals surface area contributed by atoms with Crippen molar-refractivity contribution in [2.75, 3.05) is 13.2 Å². The van der Waals surface area contributed by atoms with Crippen molar-refractivity contribution < 1.29 is 4.74 Å². The van der Waals surface area contributed by atoms with E-state index in [1.165, 1.54) is 12.8 Å². The van der Waals surface area contributed by atoms with Crippen LogP contribution in [0.5, 0.6) is 0 Å². The third-order valence-corrected chi connectivity index (χ3v) is 2.31. The molecule has 0 radical (unpaired) electrons. The van der Waals surface area contributed by atoms with Crippen LogP contribution in [0.1, 0.15) is 33.6 Å². The summed E-state index contributed by atoms with van der Waals surface area (Å²) in [6.07, 6.45) is 3.11. The highest BCUT2D eigenvalue weighted by Gasteiger charge is 2.22. The van der Waals surface area contributed by atoms with Crippen LogP contribution in [0, 0.1) is 5.92 Å². The minimum atomic E-state index is 0.399. The smallest absolute Gasteiger partial charge is 0.0722 e. The zero-order chi connectivity index (χ0) is 8.97. The zero-order valence-electron chi connectivity index (χ0n) is 8.47. The van der Waals surface area contributed by atoms with E-state index in [4.69, 9.17) is 4.74 Å². The Labute approximate surface area is 75.7 Å². The molecule has 0 aromatic carbocycles. The van der Waals surface area contributed by atoms with Crippen molar-refractivity contribution >= 4 is 0 Å². The summed E-state index contributed by atoms with van der Waals surface area (Å²) in [5.74, 6) is 0.621. The first-order valence-electron chi connectivity index (χ1n) is 5.09. The van der Waals surface area contributed by atoms with Crippen LogP contribution < -0.4 is 5.32 Å². The van der Waals surface area contributed by atoms with E-state index in [0.29, 0.717) is 12.0 Å². The summed E-state index contributed by atoms with van der Waals surface area (Å²) >= 11 is 0. The first-order valence-corrected chi connectivity index (χ1v) is 5.09. The molecule has 2 nitrogen and oxygen atoms in total. The Morgan fingerprint density at radius 3 is 2.50 bits per heavy atom. The van der Waals surface area contributed by atoms with Crippen molar-refractivity contribution in [1.29, 1.82) is 0 Å². The monoisotopic (exact) mass is 171 g/mol. The highest BCUT2D eigenvalue weighted by molar-refractivity contribution is 4.82. The lowest BCUT2D eigenvalue weighted by Gasteiger charge is -2.21. The molecule has 1 aliphatic carbocycles. The second-order valence-corrected chi connectivity index (χ2v) is 3.92. The number of ether oxygens (including phenoxy) is 1. The number of nitrogens with one attached hydrogen (secondary N) is 1. The van der Waals surface area contributed by atoms with Gasteiger partial charge >= 0.3 is 0 Å². The van der Waals surface area contributed by atoms with Gasteiger partial charge in [-0.05, 0) is 25.7 Å². The lowest BCUT2D eigenvalue weighted by atomic mass is 10.1. The van der Waals surface area contributed by atoms with Gasteiger partial charge in [0.05, 0.1) is 6.10 Å². The molecule has 1 fully saturated rings. The molecule has 0 spiro atoms. The molecule has 1 aliphatic rings. The van der Waals surface area contributed by atoms with Gasteiger partial charge in [-0.2, -0.15) is 0 Å². The third kappa shape index (κ3) is 3.55. The largest absolute Gasteiger partial charge is 0.377 e. The maximum atomic E-state index is 5.62. The molecule has 1 N–H and O–H groups in total. The Morgan fingerprint density at radius 1 is 1.42 bits per heavy atom. The summed E-state index contributed by atoms with van der Waals surface area (Å²) in [5.41, 5.74) is 0. The maximum absolute atomic E-state index is 5.62. The summed E-state index contributed by atoms with van der Waals surface area (Å²) in [6, 6.07) is 0.798. The van der Waals surface area contributed by atoms with E-state index in [1.807, 2.05) is 0 Å². The van der Waals surface area contributed by atoms with Crippen LogP contribution >= 0.6 is 0 Å². The fourth-order valence-electron chi connectivity index (χ4n) is 1.27. The Morgan fingerprint density at radius 2 is 2.08 bits per heavy atom. The Hall–Kier alpha value is -0.0800. The van der Waals surface area contributed by atoms with E-state index in [2.05, 4.69) is 26.1 Å². The molecule has 0 aromatic rings. The molecule has 1 unspecified atom stereocenters. The second kappa shape index (κ2) is 4.83. The highest BCUT2D eigenvalue weighted by Crippen LogP contribution is 2.19. The normalized spacial score (nSPS) is 20.0. The first-order chi connectivity index (χ1) is 5.74. The van der Waals surface area contributed by atoms with Gasteiger partial charge in [0, 0.05) is 19.2 Å². The van der Waals surface area contributed by atoms with Crippen molar-refractivity contribution in [1.82, 2.24) is 5.32 Å². The molecule has 12 heavy (non-hydrogen) atoms. The fourth-order valence-corrected chi connectivity index (χ4v) is 1.27. The molecule has 0 amide bonds. The second-order valence-electron chi connectivity index (χ2n) is 3.92. The van der Waals surface area contributed by atoms with Crippen LogP contribution in [0.25, 0.3) is 0 Å². The van der Waals surface area contributed by atoms with Crippen molar-refractivity contribution in [2.45, 2.75) is 45.8 Å². The van der Waals surface area contributed by atoms with Crippen molar-refractivity contribution in [3.8, 4) is 0 Å². The van der Waals surface area contributed by atoms with E-state index in [9.17, 15) is 0 Å². The fraction of sp³-hybridized carbons (Fsp3) is 1.00. The van der Waals surface area contributed by atoms with Crippen molar-refractivity contribution in [3.05, 3.63) is 0 Å². The van der Waals surface area contributed by atoms with Crippen LogP contribution in [0.2, 0.25) is 0 Å². The Kier molecular flexibility index (Phi) is 4.02. The van der Waals surface area contributed by atoms with Gasteiger partial charge in [-0.15, -0.1) is 0 Å². The van der Waals surface area contributed by atoms with Gasteiger partial charge in [0.15, 0.2) is 0 Å². The maximum Gasteiger partial charge on any atom is 0.0722 e. The van der Waals surface area contributed by atoms with Crippen LogP contribution in [0.3, 0.4) is 0 Å². The first kappa shape index (κ1) is 10.0. The lowest BCUT2D eigenvalue weighted by molar-refractivity contribution is 0.0308. The predicted octanol–water partition coefficient (Wildman–Crippen LogP) is 1.80. The standard InChI is InChI=1S/C10H21NO/c1-4-12-10(8(2)3)7-11-9-5-6-9/h8-11H,4-7H2,1-3H3. The van der Waals surface area contributed by atoms with E-state index >= 15 is 0 Å². The van der Waals surface area contributed by atoms with Gasteiger partial charge in [-0.1, -0.05) is 13.8 Å². The minimum Gasteiger partial charge on any atom is -0.377 e. The summed E-state index contributed by atoms with van der Waals surface area (Å²) in [5, 5.41) is 3.50. The van der Waals surface area contributed by atoms with Crippen molar-refractivity contribution in [3.63, 3.8) is 0 Å². The molecule has 2 heteroatoms. The van der Waals surface area contributed by atoms with Crippen LogP contribution in [0.4, 0.5) is 0 Å². The molecule has 0 bridgehead atoms. The third-order valence-electron chi connectivity index (χ3n) is 2.31. The van der Waals surface area contributed by atoms with E-state index in [1.54, 1.807) is 0 Å². The highest BCUT2D eigenvalue weighted by atomic mass is 16.5. The van der Waals surface area contributed by atoms with Gasteiger partial charge in [-0.3, -0.25) is 0 Å². The van der Waals surface area contributed by atoms with Gasteiger partial charge in [0.2, 0.25) is 0 Å². The molecule has 1 rings (SSSR count). The molecule has 1 atom stereocenters. The minimum absolute atomic E-state index is 0.399. The topological polar surface area (TPSA) is 21.3 Å². The SMILES string of the molecule is CCOC(CNC1CC1)C(C)C. The molecule has 1 saturated carbocycles. The van der Waals surface area contributed by atoms with Crippen LogP contribution in [-0.2, 0) is 4.74 Å². The lowest BCUT2D eigenvalue weighted by Crippen LogP contribution is -2.34. The van der Waals surface area contributed by atoms with Gasteiger partial charge in [0.25, 0.3) is 0 Å². The number of hydrogen-bond donors (Lipinski definition) is 1. The molecule has 0 aromatic heterocycles. The van der Waals surface area contributed by atoms with E-state index < -0.39 is 0 Å². The predicted molar refractivity (Wildman–Crippen MR) is 51.3 cm³/mol. The van der Waals surface area contributed by atoms with E-state index in [0.717, 1.165) is 19.2 Å². The summed E-state index contributed by atoms with van der Waals surface area (Å²) in [7, 11) is 0. The van der Waals surface area contributed by atoms with Crippen LogP contribution in [-0.4, -0.2) is 25.3 Å². The zero-order valence-corrected chi connectivity index (χ0v) is 8.47. The molecule has 0 aliphatic heterocycles. The summed E-state index contributed by atoms with van der Waals surface area (Å²) < 4.78 is 5.62. The summed E-state index contributed by atoms with van der Waals surface area (Å²) in [6.45, 7) is 8.35. The van der Waals surface area contributed by atoms with Gasteiger partial charge in [-0.25, -0.2) is 0 Å². The van der Waals surface area contributed by atoms with E-state index in [-0.39, 0.29) is 0 Å². The average Bonchev–Trinajstić information content (AvgIpc) is 2.80. The number of hydrogen-bond acceptors (Lipinski definition) is 2. The Balaban J connectivity index is 2.11. The molecule has 72 valence electrons. The van der Waals surface area contributed by atoms with Gasteiger partial charge < -0.3 is 10.1 Å². The molecular formula is C10H21NO. The molecule has 0 heterocycles.